The Balaban J connectivity index is 3.06. The monoisotopic (exact) mass is 317 g/mol. The van der Waals surface area contributed by atoms with Crippen LogP contribution in [0.2, 0.25) is 0 Å². The molecule has 1 aromatic carbocycles. The van der Waals surface area contributed by atoms with E-state index in [1.54, 1.807) is 24.3 Å². The molecule has 1 rings (SSSR count). The van der Waals surface area contributed by atoms with Crippen molar-refractivity contribution in [3.8, 4) is 5.75 Å². The molecule has 0 saturated carbocycles. The summed E-state index contributed by atoms with van der Waals surface area (Å²) in [5, 5.41) is 10.9. The molecule has 1 atom stereocenters. The van der Waals surface area contributed by atoms with Gasteiger partial charge >= 0.3 is 0 Å². The van der Waals surface area contributed by atoms with Crippen molar-refractivity contribution in [1.82, 2.24) is 0 Å². The van der Waals surface area contributed by atoms with Gasteiger partial charge < -0.3 is 14.6 Å². The number of allylic oxidation sites excluding steroid dienone is 4. The molecule has 124 valence electrons. The van der Waals surface area contributed by atoms with Gasteiger partial charge in [-0.05, 0) is 44.0 Å². The first kappa shape index (κ1) is 18.7. The largest absolute Gasteiger partial charge is 0.545 e. The van der Waals surface area contributed by atoms with Crippen molar-refractivity contribution < 1.29 is 19.0 Å². The molecule has 0 radical (unpaired) electrons. The summed E-state index contributed by atoms with van der Waals surface area (Å²) >= 11 is 0. The lowest BCUT2D eigenvalue weighted by Crippen LogP contribution is -2.30. The average Bonchev–Trinajstić information content (AvgIpc) is 2.52. The van der Waals surface area contributed by atoms with Crippen LogP contribution in [0.25, 0.3) is 0 Å². The topological polar surface area (TPSA) is 49.4 Å². The second-order valence-corrected chi connectivity index (χ2v) is 5.43. The van der Waals surface area contributed by atoms with E-state index in [2.05, 4.69) is 13.5 Å². The molecule has 0 heterocycles. The summed E-state index contributed by atoms with van der Waals surface area (Å²) in [5.74, 6) is -2.06. The highest BCUT2D eigenvalue weighted by molar-refractivity contribution is 5.86. The minimum absolute atomic E-state index is 0.0948. The van der Waals surface area contributed by atoms with Gasteiger partial charge in [0.25, 0.3) is 0 Å². The van der Waals surface area contributed by atoms with Crippen molar-refractivity contribution in [2.24, 2.45) is 0 Å². The molecule has 4 heteroatoms. The number of ether oxygens (including phenoxy) is 1. The second-order valence-electron chi connectivity index (χ2n) is 5.43. The zero-order valence-electron chi connectivity index (χ0n) is 13.5. The number of rotatable bonds is 9. The van der Waals surface area contributed by atoms with Gasteiger partial charge in [0.1, 0.15) is 5.60 Å². The Morgan fingerprint density at radius 2 is 2.13 bits per heavy atom. The molecule has 0 amide bonds. The lowest BCUT2D eigenvalue weighted by Gasteiger charge is -2.28. The standard InChI is InChI=1S/C19H23FO3/c1-4-6-8-9-13-19(3,12-7-5-2)23-17-14-15(18(21)22)10-11-16(17)20/h4,6,8-11,13-14H,1,5,7,12H2,2-3H3,(H,21,22)/p-1/b8-6-,13-9+. The van der Waals surface area contributed by atoms with Crippen LogP contribution in [0.5, 0.6) is 5.75 Å². The van der Waals surface area contributed by atoms with E-state index in [0.717, 1.165) is 31.0 Å². The molecule has 3 nitrogen and oxygen atoms in total. The molecular weight excluding hydrogens is 295 g/mol. The van der Waals surface area contributed by atoms with Crippen LogP contribution in [0.15, 0.2) is 55.2 Å². The highest BCUT2D eigenvalue weighted by Gasteiger charge is 2.24. The number of carboxylic acid groups (broad SMARTS) is 1. The van der Waals surface area contributed by atoms with Crippen LogP contribution in [-0.2, 0) is 0 Å². The van der Waals surface area contributed by atoms with Gasteiger partial charge in [-0.2, -0.15) is 0 Å². The van der Waals surface area contributed by atoms with Crippen LogP contribution in [-0.4, -0.2) is 11.6 Å². The van der Waals surface area contributed by atoms with E-state index in [1.165, 1.54) is 0 Å². The van der Waals surface area contributed by atoms with Gasteiger partial charge in [0.15, 0.2) is 11.6 Å². The number of hydrogen-bond acceptors (Lipinski definition) is 3. The second kappa shape index (κ2) is 8.93. The normalized spacial score (nSPS) is 14.0. The summed E-state index contributed by atoms with van der Waals surface area (Å²) in [5.41, 5.74) is -0.859. The minimum Gasteiger partial charge on any atom is -0.545 e. The maximum absolute atomic E-state index is 13.9. The highest BCUT2D eigenvalue weighted by Crippen LogP contribution is 2.28. The van der Waals surface area contributed by atoms with Crippen LogP contribution >= 0.6 is 0 Å². The van der Waals surface area contributed by atoms with E-state index in [4.69, 9.17) is 4.74 Å². The molecule has 0 spiro atoms. The Kier molecular flexibility index (Phi) is 7.26. The van der Waals surface area contributed by atoms with Gasteiger partial charge in [-0.1, -0.05) is 44.2 Å². The fourth-order valence-corrected chi connectivity index (χ4v) is 2.06. The lowest BCUT2D eigenvalue weighted by atomic mass is 9.97. The Hall–Kier alpha value is -2.36. The Morgan fingerprint density at radius 1 is 1.39 bits per heavy atom. The predicted octanol–water partition coefficient (Wildman–Crippen LogP) is 3.82. The van der Waals surface area contributed by atoms with Crippen LogP contribution in [0, 0.1) is 5.82 Å². The van der Waals surface area contributed by atoms with E-state index in [9.17, 15) is 14.3 Å². The zero-order chi connectivity index (χ0) is 17.3. The average molecular weight is 317 g/mol. The van der Waals surface area contributed by atoms with E-state index in [0.29, 0.717) is 6.42 Å². The third kappa shape index (κ3) is 6.10. The van der Waals surface area contributed by atoms with Gasteiger partial charge in [-0.25, -0.2) is 4.39 Å². The molecule has 0 saturated heterocycles. The summed E-state index contributed by atoms with van der Waals surface area (Å²) in [6.07, 6.45) is 11.4. The molecule has 0 aliphatic rings. The van der Waals surface area contributed by atoms with Crippen molar-refractivity contribution >= 4 is 5.97 Å². The van der Waals surface area contributed by atoms with Gasteiger partial charge in [0, 0.05) is 5.56 Å². The number of benzene rings is 1. The summed E-state index contributed by atoms with van der Waals surface area (Å²) < 4.78 is 19.7. The molecule has 0 bridgehead atoms. The van der Waals surface area contributed by atoms with Crippen molar-refractivity contribution in [3.05, 3.63) is 66.5 Å². The molecular formula is C19H22FO3-. The minimum atomic E-state index is -1.37. The predicted molar refractivity (Wildman–Crippen MR) is 87.8 cm³/mol. The Labute approximate surface area is 136 Å². The van der Waals surface area contributed by atoms with Crippen LogP contribution < -0.4 is 9.84 Å². The lowest BCUT2D eigenvalue weighted by molar-refractivity contribution is -0.255. The van der Waals surface area contributed by atoms with Crippen molar-refractivity contribution in [3.63, 3.8) is 0 Å². The van der Waals surface area contributed by atoms with Gasteiger partial charge in [-0.3, -0.25) is 0 Å². The van der Waals surface area contributed by atoms with Gasteiger partial charge in [0.2, 0.25) is 0 Å². The molecule has 0 aliphatic heterocycles. The smallest absolute Gasteiger partial charge is 0.165 e. The fraction of sp³-hybridized carbons (Fsp3) is 0.316. The first-order chi connectivity index (χ1) is 10.9. The molecule has 0 N–H and O–H groups in total. The van der Waals surface area contributed by atoms with Crippen molar-refractivity contribution in [2.75, 3.05) is 0 Å². The first-order valence-corrected chi connectivity index (χ1v) is 7.58. The molecule has 23 heavy (non-hydrogen) atoms. The van der Waals surface area contributed by atoms with Crippen LogP contribution in [0.4, 0.5) is 4.39 Å². The Morgan fingerprint density at radius 3 is 2.74 bits per heavy atom. The number of aromatic carboxylic acids is 1. The summed E-state index contributed by atoms with van der Waals surface area (Å²) in [6.45, 7) is 7.48. The van der Waals surface area contributed by atoms with E-state index in [-0.39, 0.29) is 11.3 Å². The fourth-order valence-electron chi connectivity index (χ4n) is 2.06. The van der Waals surface area contributed by atoms with Gasteiger partial charge in [-0.15, -0.1) is 0 Å². The summed E-state index contributed by atoms with van der Waals surface area (Å²) in [6, 6.07) is 3.38. The van der Waals surface area contributed by atoms with E-state index >= 15 is 0 Å². The third-order valence-corrected chi connectivity index (χ3v) is 3.34. The third-order valence-electron chi connectivity index (χ3n) is 3.34. The van der Waals surface area contributed by atoms with E-state index < -0.39 is 17.4 Å². The quantitative estimate of drug-likeness (QED) is 0.651. The molecule has 0 aliphatic carbocycles. The number of carbonyl (C=O) groups is 1. The van der Waals surface area contributed by atoms with Crippen LogP contribution in [0.1, 0.15) is 43.5 Å². The number of carboxylic acids is 1. The molecule has 1 aromatic rings. The molecule has 0 aromatic heterocycles. The molecule has 0 fully saturated rings. The number of carbonyl (C=O) groups excluding carboxylic acids is 1. The van der Waals surface area contributed by atoms with E-state index in [1.807, 2.05) is 13.0 Å². The van der Waals surface area contributed by atoms with Crippen molar-refractivity contribution in [2.45, 2.75) is 38.7 Å². The number of unbranched alkanes of at least 4 members (excludes halogenated alkanes) is 1. The van der Waals surface area contributed by atoms with Crippen molar-refractivity contribution in [1.29, 1.82) is 0 Å². The SMILES string of the molecule is C=C/C=C\C=C\C(C)(CCCC)Oc1cc(C(=O)[O-])ccc1F. The van der Waals surface area contributed by atoms with Crippen LogP contribution in [0.3, 0.4) is 0 Å². The first-order valence-electron chi connectivity index (χ1n) is 7.58. The summed E-state index contributed by atoms with van der Waals surface area (Å²) in [4.78, 5) is 10.9. The van der Waals surface area contributed by atoms with Gasteiger partial charge in [0.05, 0.1) is 5.97 Å². The zero-order valence-corrected chi connectivity index (χ0v) is 13.5. The Bertz CT molecular complexity index is 605. The summed E-state index contributed by atoms with van der Waals surface area (Å²) in [7, 11) is 0. The number of hydrogen-bond donors (Lipinski definition) is 0. The molecule has 1 unspecified atom stereocenters. The highest BCUT2D eigenvalue weighted by atomic mass is 19.1. The maximum atomic E-state index is 13.9. The maximum Gasteiger partial charge on any atom is 0.165 e. The number of halogens is 1.